The molecule has 3 aromatic rings. The Bertz CT molecular complexity index is 1340. The minimum Gasteiger partial charge on any atom is -0.489 e. The van der Waals surface area contributed by atoms with Gasteiger partial charge in [-0.05, 0) is 97.2 Å². The molecule has 6 rings (SSSR count). The summed E-state index contributed by atoms with van der Waals surface area (Å²) in [5, 5.41) is 10.9. The second kappa shape index (κ2) is 9.90. The van der Waals surface area contributed by atoms with Crippen molar-refractivity contribution in [3.8, 4) is 5.75 Å². The van der Waals surface area contributed by atoms with Crippen molar-refractivity contribution in [3.05, 3.63) is 105 Å². The maximum absolute atomic E-state index is 12.9. The number of nitrogens with zero attached hydrogens (tertiary/aromatic N) is 1. The molecule has 2 fully saturated rings. The van der Waals surface area contributed by atoms with E-state index in [9.17, 15) is 14.9 Å². The van der Waals surface area contributed by atoms with Crippen molar-refractivity contribution in [2.45, 2.75) is 64.1 Å². The third-order valence-corrected chi connectivity index (χ3v) is 9.42. The van der Waals surface area contributed by atoms with Crippen molar-refractivity contribution < 1.29 is 19.2 Å². The van der Waals surface area contributed by atoms with Gasteiger partial charge in [-0.3, -0.25) is 10.1 Å². The van der Waals surface area contributed by atoms with E-state index in [-0.39, 0.29) is 23.2 Å². The molecule has 0 amide bonds. The van der Waals surface area contributed by atoms with Gasteiger partial charge >= 0.3 is 5.97 Å². The van der Waals surface area contributed by atoms with Crippen LogP contribution in [0.5, 0.6) is 5.75 Å². The number of rotatable bonds is 6. The fourth-order valence-corrected chi connectivity index (χ4v) is 7.45. The summed E-state index contributed by atoms with van der Waals surface area (Å²) >= 11 is 0. The van der Waals surface area contributed by atoms with Crippen molar-refractivity contribution in [3.63, 3.8) is 0 Å². The van der Waals surface area contributed by atoms with Crippen molar-refractivity contribution >= 4 is 11.7 Å². The Morgan fingerprint density at radius 2 is 1.79 bits per heavy atom. The van der Waals surface area contributed by atoms with E-state index >= 15 is 0 Å². The molecule has 5 atom stereocenters. The van der Waals surface area contributed by atoms with Crippen LogP contribution in [0.2, 0.25) is 0 Å². The molecule has 3 unspecified atom stereocenters. The van der Waals surface area contributed by atoms with Crippen molar-refractivity contribution in [2.24, 2.45) is 17.3 Å². The van der Waals surface area contributed by atoms with E-state index in [0.29, 0.717) is 29.9 Å². The van der Waals surface area contributed by atoms with Crippen LogP contribution in [0.3, 0.4) is 0 Å². The highest BCUT2D eigenvalue weighted by Gasteiger charge is 2.56. The standard InChI is InChI=1S/C32H33NO5/c1-32-18-17-27-26-14-12-25(37-20-21-5-3-2-4-6-21)19-23(26)9-13-28(27)29(32)15-16-30(32)38-31(34)22-7-10-24(11-8-22)33(35)36/h2-8,10-12,14,19,27-30H,9,13,15-18,20H2,1H3/t27?,28?,29?,30-,32+/m1/s1. The van der Waals surface area contributed by atoms with Gasteiger partial charge in [-0.1, -0.05) is 43.3 Å². The molecule has 0 bridgehead atoms. The Kier molecular flexibility index (Phi) is 6.42. The van der Waals surface area contributed by atoms with Gasteiger partial charge in [0.2, 0.25) is 0 Å². The number of aryl methyl sites for hydroxylation is 1. The quantitative estimate of drug-likeness (QED) is 0.198. The maximum Gasteiger partial charge on any atom is 0.338 e. The van der Waals surface area contributed by atoms with Crippen LogP contribution in [-0.2, 0) is 17.8 Å². The summed E-state index contributed by atoms with van der Waals surface area (Å²) in [5.74, 6) is 2.22. The molecular weight excluding hydrogens is 478 g/mol. The molecule has 3 aromatic carbocycles. The number of fused-ring (bicyclic) bond motifs is 5. The van der Waals surface area contributed by atoms with Crippen molar-refractivity contribution in [1.29, 1.82) is 0 Å². The van der Waals surface area contributed by atoms with Crippen LogP contribution in [0, 0.1) is 27.4 Å². The summed E-state index contributed by atoms with van der Waals surface area (Å²) in [6.07, 6.45) is 6.17. The van der Waals surface area contributed by atoms with Gasteiger partial charge in [0.05, 0.1) is 10.5 Å². The number of carbonyl (C=O) groups is 1. The van der Waals surface area contributed by atoms with Crippen LogP contribution in [0.1, 0.15) is 72.0 Å². The molecular formula is C32H33NO5. The Morgan fingerprint density at radius 3 is 2.55 bits per heavy atom. The highest BCUT2D eigenvalue weighted by Crippen LogP contribution is 2.61. The second-order valence-electron chi connectivity index (χ2n) is 11.4. The summed E-state index contributed by atoms with van der Waals surface area (Å²) in [5.41, 5.74) is 4.37. The number of carbonyl (C=O) groups excluding carboxylic acids is 1. The minimum atomic E-state index is -0.461. The van der Waals surface area contributed by atoms with Gasteiger partial charge in [-0.25, -0.2) is 4.79 Å². The Hall–Kier alpha value is -3.67. The first-order valence-corrected chi connectivity index (χ1v) is 13.7. The van der Waals surface area contributed by atoms with Crippen LogP contribution in [0.15, 0.2) is 72.8 Å². The lowest BCUT2D eigenvalue weighted by atomic mass is 9.55. The minimum absolute atomic E-state index is 0.0276. The molecule has 196 valence electrons. The number of non-ortho nitro benzene ring substituents is 1. The first-order chi connectivity index (χ1) is 18.4. The summed E-state index contributed by atoms with van der Waals surface area (Å²) in [7, 11) is 0. The zero-order valence-corrected chi connectivity index (χ0v) is 21.7. The second-order valence-corrected chi connectivity index (χ2v) is 11.4. The molecule has 0 radical (unpaired) electrons. The van der Waals surface area contributed by atoms with Crippen molar-refractivity contribution in [1.82, 2.24) is 0 Å². The number of nitro benzene ring substituents is 1. The average molecular weight is 512 g/mol. The van der Waals surface area contributed by atoms with Gasteiger partial charge in [-0.15, -0.1) is 0 Å². The Balaban J connectivity index is 1.13. The van der Waals surface area contributed by atoms with Crippen LogP contribution < -0.4 is 4.74 Å². The largest absolute Gasteiger partial charge is 0.489 e. The summed E-state index contributed by atoms with van der Waals surface area (Å²) < 4.78 is 12.2. The maximum atomic E-state index is 12.9. The number of hydrogen-bond donors (Lipinski definition) is 0. The molecule has 0 aromatic heterocycles. The molecule has 0 heterocycles. The molecule has 38 heavy (non-hydrogen) atoms. The topological polar surface area (TPSA) is 78.7 Å². The van der Waals surface area contributed by atoms with E-state index in [1.54, 1.807) is 0 Å². The van der Waals surface area contributed by atoms with E-state index in [0.717, 1.165) is 44.3 Å². The fraction of sp³-hybridized carbons (Fsp3) is 0.406. The van der Waals surface area contributed by atoms with Crippen LogP contribution >= 0.6 is 0 Å². The fourth-order valence-electron chi connectivity index (χ4n) is 7.45. The Morgan fingerprint density at radius 1 is 1.00 bits per heavy atom. The summed E-state index contributed by atoms with van der Waals surface area (Å²) in [6.45, 7) is 2.89. The zero-order valence-electron chi connectivity index (χ0n) is 21.7. The van der Waals surface area contributed by atoms with E-state index in [1.165, 1.54) is 41.0 Å². The molecule has 0 N–H and O–H groups in total. The summed E-state index contributed by atoms with van der Waals surface area (Å²) in [4.78, 5) is 23.4. The van der Waals surface area contributed by atoms with Crippen LogP contribution in [0.4, 0.5) is 5.69 Å². The molecule has 2 saturated carbocycles. The van der Waals surface area contributed by atoms with Gasteiger partial charge in [0.25, 0.3) is 5.69 Å². The van der Waals surface area contributed by atoms with E-state index < -0.39 is 4.92 Å². The van der Waals surface area contributed by atoms with Gasteiger partial charge in [0.15, 0.2) is 0 Å². The number of nitro groups is 1. The molecule has 6 heteroatoms. The average Bonchev–Trinajstić information content (AvgIpc) is 3.28. The predicted molar refractivity (Wildman–Crippen MR) is 144 cm³/mol. The lowest BCUT2D eigenvalue weighted by Gasteiger charge is -2.50. The van der Waals surface area contributed by atoms with Crippen LogP contribution in [-0.4, -0.2) is 17.0 Å². The van der Waals surface area contributed by atoms with Gasteiger partial charge in [0.1, 0.15) is 18.5 Å². The van der Waals surface area contributed by atoms with Gasteiger partial charge in [-0.2, -0.15) is 0 Å². The lowest BCUT2D eigenvalue weighted by molar-refractivity contribution is -0.384. The smallest absolute Gasteiger partial charge is 0.338 e. The van der Waals surface area contributed by atoms with Gasteiger partial charge in [0, 0.05) is 17.5 Å². The lowest BCUT2D eigenvalue weighted by Crippen LogP contribution is -2.45. The zero-order chi connectivity index (χ0) is 26.3. The van der Waals surface area contributed by atoms with Crippen molar-refractivity contribution in [2.75, 3.05) is 0 Å². The normalized spacial score (nSPS) is 27.5. The molecule has 0 spiro atoms. The first-order valence-electron chi connectivity index (χ1n) is 13.7. The third-order valence-electron chi connectivity index (χ3n) is 9.42. The molecule has 0 aliphatic heterocycles. The Labute approximate surface area is 223 Å². The predicted octanol–water partition coefficient (Wildman–Crippen LogP) is 7.26. The SMILES string of the molecule is C[C@]12CCC3c4ccc(OCc5ccccc5)cc4CCC3C1CC[C@H]2OC(=O)c1ccc([N+](=O)[O-])cc1. The monoisotopic (exact) mass is 511 g/mol. The van der Waals surface area contributed by atoms with E-state index in [1.807, 2.05) is 18.2 Å². The molecule has 3 aliphatic rings. The van der Waals surface area contributed by atoms with E-state index in [4.69, 9.17) is 9.47 Å². The third kappa shape index (κ3) is 4.46. The molecule has 3 aliphatic carbocycles. The number of hydrogen-bond acceptors (Lipinski definition) is 5. The molecule has 6 nitrogen and oxygen atoms in total. The van der Waals surface area contributed by atoms with E-state index in [2.05, 4.69) is 37.3 Å². The van der Waals surface area contributed by atoms with Crippen LogP contribution in [0.25, 0.3) is 0 Å². The molecule has 0 saturated heterocycles. The summed E-state index contributed by atoms with van der Waals surface area (Å²) in [6, 6.07) is 22.6. The highest BCUT2D eigenvalue weighted by molar-refractivity contribution is 5.89. The highest BCUT2D eigenvalue weighted by atomic mass is 16.6. The number of ether oxygens (including phenoxy) is 2. The number of benzene rings is 3. The van der Waals surface area contributed by atoms with Gasteiger partial charge < -0.3 is 9.47 Å². The first kappa shape index (κ1) is 24.7. The number of esters is 1.